The number of nitrogens with one attached hydrogen (secondary N) is 2. The molecule has 24 heavy (non-hydrogen) atoms. The molecule has 2 N–H and O–H groups in total. The van der Waals surface area contributed by atoms with Gasteiger partial charge in [-0.2, -0.15) is 0 Å². The summed E-state index contributed by atoms with van der Waals surface area (Å²) >= 11 is 0. The summed E-state index contributed by atoms with van der Waals surface area (Å²) in [4.78, 5) is 14.6. The number of H-pyrrole nitrogens is 1. The standard InChI is InChI=1S/C19H26N2O3/c1-2-23-19(22)7-3-4-11-24-14-8-9-18-15(12-14)16(13-21-18)17-6-5-10-20-17/h8-9,12-13,17,20-21H,2-7,10-11H2,1H3/t17-/m1/s1. The number of aromatic amines is 1. The lowest BCUT2D eigenvalue weighted by atomic mass is 10.0. The van der Waals surface area contributed by atoms with E-state index < -0.39 is 0 Å². The van der Waals surface area contributed by atoms with Gasteiger partial charge in [0.15, 0.2) is 0 Å². The van der Waals surface area contributed by atoms with Crippen molar-refractivity contribution >= 4 is 16.9 Å². The van der Waals surface area contributed by atoms with Crippen LogP contribution in [0, 0.1) is 0 Å². The normalized spacial score (nSPS) is 17.3. The Kier molecular flexibility index (Phi) is 5.75. The number of benzene rings is 1. The molecule has 5 nitrogen and oxygen atoms in total. The monoisotopic (exact) mass is 330 g/mol. The van der Waals surface area contributed by atoms with E-state index in [1.54, 1.807) is 0 Å². The van der Waals surface area contributed by atoms with Gasteiger partial charge in [0.25, 0.3) is 0 Å². The van der Waals surface area contributed by atoms with Crippen LogP contribution >= 0.6 is 0 Å². The van der Waals surface area contributed by atoms with E-state index in [2.05, 4.69) is 28.6 Å². The topological polar surface area (TPSA) is 63.4 Å². The molecule has 5 heteroatoms. The van der Waals surface area contributed by atoms with Crippen LogP contribution in [-0.4, -0.2) is 30.7 Å². The number of rotatable bonds is 8. The third-order valence-electron chi connectivity index (χ3n) is 4.47. The number of hydrogen-bond acceptors (Lipinski definition) is 4. The Hall–Kier alpha value is -2.01. The number of fused-ring (bicyclic) bond motifs is 1. The second-order valence-corrected chi connectivity index (χ2v) is 6.21. The number of ether oxygens (including phenoxy) is 2. The van der Waals surface area contributed by atoms with Crippen molar-refractivity contribution < 1.29 is 14.3 Å². The molecule has 1 saturated heterocycles. The molecule has 3 rings (SSSR count). The first-order valence-corrected chi connectivity index (χ1v) is 8.90. The molecule has 0 bridgehead atoms. The summed E-state index contributed by atoms with van der Waals surface area (Å²) < 4.78 is 10.8. The van der Waals surface area contributed by atoms with E-state index in [0.717, 1.165) is 30.7 Å². The number of aromatic nitrogens is 1. The van der Waals surface area contributed by atoms with Crippen molar-refractivity contribution in [3.63, 3.8) is 0 Å². The van der Waals surface area contributed by atoms with Gasteiger partial charge in [-0.3, -0.25) is 4.79 Å². The SMILES string of the molecule is CCOC(=O)CCCCOc1ccc2[nH]cc([C@H]3CCCN3)c2c1. The van der Waals surface area contributed by atoms with Crippen molar-refractivity contribution in [3.8, 4) is 5.75 Å². The molecule has 0 aliphatic carbocycles. The molecule has 0 unspecified atom stereocenters. The largest absolute Gasteiger partial charge is 0.494 e. The number of carbonyl (C=O) groups excluding carboxylic acids is 1. The van der Waals surface area contributed by atoms with E-state index in [4.69, 9.17) is 9.47 Å². The van der Waals surface area contributed by atoms with Gasteiger partial charge in [0, 0.05) is 29.6 Å². The van der Waals surface area contributed by atoms with Crippen molar-refractivity contribution in [2.45, 2.75) is 45.1 Å². The van der Waals surface area contributed by atoms with Gasteiger partial charge in [-0.05, 0) is 62.9 Å². The molecule has 0 saturated carbocycles. The lowest BCUT2D eigenvalue weighted by molar-refractivity contribution is -0.143. The minimum atomic E-state index is -0.125. The first-order chi connectivity index (χ1) is 11.8. The van der Waals surface area contributed by atoms with Crippen LogP contribution in [0.3, 0.4) is 0 Å². The van der Waals surface area contributed by atoms with E-state index in [9.17, 15) is 4.79 Å². The minimum Gasteiger partial charge on any atom is -0.494 e. The van der Waals surface area contributed by atoms with Crippen molar-refractivity contribution in [3.05, 3.63) is 30.0 Å². The smallest absolute Gasteiger partial charge is 0.305 e. The van der Waals surface area contributed by atoms with Gasteiger partial charge in [0.2, 0.25) is 0 Å². The molecule has 1 aliphatic heterocycles. The van der Waals surface area contributed by atoms with Crippen molar-refractivity contribution in [1.29, 1.82) is 0 Å². The molecule has 0 amide bonds. The number of carbonyl (C=O) groups is 1. The summed E-state index contributed by atoms with van der Waals surface area (Å²) in [6.07, 6.45) is 6.63. The van der Waals surface area contributed by atoms with E-state index >= 15 is 0 Å². The molecule has 1 aliphatic rings. The lowest BCUT2D eigenvalue weighted by Crippen LogP contribution is -2.12. The van der Waals surface area contributed by atoms with Gasteiger partial charge < -0.3 is 19.8 Å². The molecule has 0 spiro atoms. The second kappa shape index (κ2) is 8.20. The Balaban J connectivity index is 1.53. The highest BCUT2D eigenvalue weighted by molar-refractivity contribution is 5.85. The molecular formula is C19H26N2O3. The zero-order valence-electron chi connectivity index (χ0n) is 14.3. The van der Waals surface area contributed by atoms with E-state index in [-0.39, 0.29) is 5.97 Å². The molecule has 1 aromatic carbocycles. The molecule has 1 aromatic heterocycles. The first kappa shape index (κ1) is 16.8. The van der Waals surface area contributed by atoms with Gasteiger partial charge in [-0.15, -0.1) is 0 Å². The Labute approximate surface area is 142 Å². The predicted octanol–water partition coefficient (Wildman–Crippen LogP) is 3.70. The highest BCUT2D eigenvalue weighted by Crippen LogP contribution is 2.31. The molecule has 130 valence electrons. The third-order valence-corrected chi connectivity index (χ3v) is 4.47. The maximum atomic E-state index is 11.3. The molecule has 0 radical (unpaired) electrons. The van der Waals surface area contributed by atoms with Gasteiger partial charge in [-0.1, -0.05) is 0 Å². The zero-order chi connectivity index (χ0) is 16.8. The summed E-state index contributed by atoms with van der Waals surface area (Å²) in [6, 6.07) is 6.63. The van der Waals surface area contributed by atoms with Crippen LogP contribution in [0.15, 0.2) is 24.4 Å². The Morgan fingerprint density at radius 3 is 3.04 bits per heavy atom. The maximum absolute atomic E-state index is 11.3. The summed E-state index contributed by atoms with van der Waals surface area (Å²) in [5, 5.41) is 4.78. The first-order valence-electron chi connectivity index (χ1n) is 8.90. The van der Waals surface area contributed by atoms with Crippen LogP contribution in [-0.2, 0) is 9.53 Å². The van der Waals surface area contributed by atoms with E-state index in [0.29, 0.717) is 25.7 Å². The van der Waals surface area contributed by atoms with E-state index in [1.165, 1.54) is 23.8 Å². The van der Waals surface area contributed by atoms with Gasteiger partial charge in [-0.25, -0.2) is 0 Å². The number of unbranched alkanes of at least 4 members (excludes halogenated alkanes) is 1. The Morgan fingerprint density at radius 1 is 1.33 bits per heavy atom. The molecular weight excluding hydrogens is 304 g/mol. The minimum absolute atomic E-state index is 0.125. The van der Waals surface area contributed by atoms with Crippen LogP contribution in [0.1, 0.15) is 50.6 Å². The lowest BCUT2D eigenvalue weighted by Gasteiger charge is -2.10. The molecule has 1 atom stereocenters. The van der Waals surface area contributed by atoms with Crippen molar-refractivity contribution in [2.75, 3.05) is 19.8 Å². The summed E-state index contributed by atoms with van der Waals surface area (Å²) in [5.41, 5.74) is 2.48. The average molecular weight is 330 g/mol. The number of esters is 1. The zero-order valence-corrected chi connectivity index (χ0v) is 14.3. The fraction of sp³-hybridized carbons (Fsp3) is 0.526. The molecule has 1 fully saturated rings. The quantitative estimate of drug-likeness (QED) is 0.572. The summed E-state index contributed by atoms with van der Waals surface area (Å²) in [5.74, 6) is 0.762. The third kappa shape index (κ3) is 4.09. The fourth-order valence-electron chi connectivity index (χ4n) is 3.24. The summed E-state index contributed by atoms with van der Waals surface area (Å²) in [6.45, 7) is 3.98. The van der Waals surface area contributed by atoms with Crippen molar-refractivity contribution in [2.24, 2.45) is 0 Å². The summed E-state index contributed by atoms with van der Waals surface area (Å²) in [7, 11) is 0. The van der Waals surface area contributed by atoms with Crippen LogP contribution in [0.5, 0.6) is 5.75 Å². The van der Waals surface area contributed by atoms with Crippen LogP contribution in [0.4, 0.5) is 0 Å². The fourth-order valence-corrected chi connectivity index (χ4v) is 3.24. The van der Waals surface area contributed by atoms with Crippen LogP contribution in [0.25, 0.3) is 10.9 Å². The highest BCUT2D eigenvalue weighted by atomic mass is 16.5. The van der Waals surface area contributed by atoms with Gasteiger partial charge in [0.1, 0.15) is 5.75 Å². The highest BCUT2D eigenvalue weighted by Gasteiger charge is 2.19. The molecule has 2 heterocycles. The average Bonchev–Trinajstić information content (AvgIpc) is 3.23. The van der Waals surface area contributed by atoms with E-state index in [1.807, 2.05) is 13.0 Å². The second-order valence-electron chi connectivity index (χ2n) is 6.21. The van der Waals surface area contributed by atoms with Crippen LogP contribution < -0.4 is 10.1 Å². The number of hydrogen-bond donors (Lipinski definition) is 2. The van der Waals surface area contributed by atoms with Gasteiger partial charge in [0.05, 0.1) is 13.2 Å². The molecule has 2 aromatic rings. The Morgan fingerprint density at radius 2 is 2.25 bits per heavy atom. The van der Waals surface area contributed by atoms with Crippen LogP contribution in [0.2, 0.25) is 0 Å². The maximum Gasteiger partial charge on any atom is 0.305 e. The van der Waals surface area contributed by atoms with Crippen molar-refractivity contribution in [1.82, 2.24) is 10.3 Å². The predicted molar refractivity (Wildman–Crippen MR) is 94.3 cm³/mol. The van der Waals surface area contributed by atoms with Gasteiger partial charge >= 0.3 is 5.97 Å². The Bertz CT molecular complexity index is 674.